The van der Waals surface area contributed by atoms with Crippen LogP contribution in [0.25, 0.3) is 0 Å². The van der Waals surface area contributed by atoms with E-state index >= 15 is 0 Å². The molecule has 2 aliphatic heterocycles. The molecule has 3 fully saturated rings. The summed E-state index contributed by atoms with van der Waals surface area (Å²) in [5.41, 5.74) is 1.08. The number of likely N-dealkylation sites (tertiary alicyclic amines) is 1. The van der Waals surface area contributed by atoms with E-state index in [-0.39, 0.29) is 11.8 Å². The van der Waals surface area contributed by atoms with Crippen molar-refractivity contribution in [3.8, 4) is 0 Å². The Morgan fingerprint density at radius 3 is 2.77 bits per heavy atom. The van der Waals surface area contributed by atoms with Gasteiger partial charge in [0.05, 0.1) is 26.4 Å². The lowest BCUT2D eigenvalue weighted by molar-refractivity contribution is -0.132. The zero-order chi connectivity index (χ0) is 17.8. The topological polar surface area (TPSA) is 54.9 Å². The molecule has 0 bridgehead atoms. The molecular formula is C20H29N3O3. The van der Waals surface area contributed by atoms with Gasteiger partial charge >= 0.3 is 0 Å². The van der Waals surface area contributed by atoms with Crippen LogP contribution in [0.4, 0.5) is 0 Å². The molecule has 0 N–H and O–H groups in total. The minimum Gasteiger partial charge on any atom is -0.381 e. The Balaban J connectivity index is 1.37. The standard InChI is InChI=1S/C20H29N3O3/c24-20(13-22-7-9-25-10-8-22)23-11-17(15-26-14-16-4-5-16)18(12-23)19-3-1-2-6-21-19/h1-3,6,16-18H,4-5,7-15H2/t17-,18+/m0/s1. The minimum atomic E-state index is 0.220. The van der Waals surface area contributed by atoms with Gasteiger partial charge in [0, 0.05) is 56.5 Å². The van der Waals surface area contributed by atoms with E-state index in [1.165, 1.54) is 12.8 Å². The van der Waals surface area contributed by atoms with Crippen molar-refractivity contribution in [1.82, 2.24) is 14.8 Å². The van der Waals surface area contributed by atoms with E-state index in [1.807, 2.05) is 23.2 Å². The normalized spacial score (nSPS) is 27.0. The van der Waals surface area contributed by atoms with Gasteiger partial charge in [-0.15, -0.1) is 0 Å². The van der Waals surface area contributed by atoms with Gasteiger partial charge < -0.3 is 14.4 Å². The highest BCUT2D eigenvalue weighted by atomic mass is 16.5. The average molecular weight is 359 g/mol. The van der Waals surface area contributed by atoms with Gasteiger partial charge in [-0.05, 0) is 30.9 Å². The van der Waals surface area contributed by atoms with Crippen molar-refractivity contribution in [1.29, 1.82) is 0 Å². The summed E-state index contributed by atoms with van der Waals surface area (Å²) in [7, 11) is 0. The van der Waals surface area contributed by atoms with Crippen LogP contribution in [-0.4, -0.2) is 79.8 Å². The number of nitrogens with zero attached hydrogens (tertiary/aromatic N) is 3. The first-order valence-corrected chi connectivity index (χ1v) is 9.86. The van der Waals surface area contributed by atoms with Crippen LogP contribution in [0.2, 0.25) is 0 Å². The fraction of sp³-hybridized carbons (Fsp3) is 0.700. The summed E-state index contributed by atoms with van der Waals surface area (Å²) in [6, 6.07) is 6.05. The molecule has 4 rings (SSSR count). The molecule has 0 aromatic carbocycles. The van der Waals surface area contributed by atoms with Gasteiger partial charge in [-0.1, -0.05) is 6.07 Å². The molecule has 1 saturated carbocycles. The predicted octanol–water partition coefficient (Wildman–Crippen LogP) is 1.38. The second-order valence-electron chi connectivity index (χ2n) is 7.79. The van der Waals surface area contributed by atoms with Crippen LogP contribution in [0, 0.1) is 11.8 Å². The number of hydrogen-bond donors (Lipinski definition) is 0. The van der Waals surface area contributed by atoms with E-state index in [0.717, 1.165) is 64.2 Å². The lowest BCUT2D eigenvalue weighted by atomic mass is 9.93. The maximum atomic E-state index is 12.8. The number of ether oxygens (including phenoxy) is 2. The molecule has 2 saturated heterocycles. The molecular weight excluding hydrogens is 330 g/mol. The zero-order valence-corrected chi connectivity index (χ0v) is 15.4. The van der Waals surface area contributed by atoms with E-state index < -0.39 is 0 Å². The van der Waals surface area contributed by atoms with Crippen LogP contribution in [0.15, 0.2) is 24.4 Å². The average Bonchev–Trinajstić information content (AvgIpc) is 3.40. The van der Waals surface area contributed by atoms with Crippen LogP contribution in [0.5, 0.6) is 0 Å². The molecule has 1 aromatic rings. The number of amides is 1. The molecule has 0 spiro atoms. The number of aromatic nitrogens is 1. The maximum Gasteiger partial charge on any atom is 0.236 e. The molecule has 2 atom stereocenters. The van der Waals surface area contributed by atoms with E-state index in [0.29, 0.717) is 12.5 Å². The van der Waals surface area contributed by atoms with Crippen LogP contribution in [0.1, 0.15) is 24.5 Å². The van der Waals surface area contributed by atoms with Gasteiger partial charge in [-0.3, -0.25) is 14.7 Å². The molecule has 1 amide bonds. The van der Waals surface area contributed by atoms with Crippen molar-refractivity contribution in [2.24, 2.45) is 11.8 Å². The molecule has 0 unspecified atom stereocenters. The van der Waals surface area contributed by atoms with Gasteiger partial charge in [-0.2, -0.15) is 0 Å². The van der Waals surface area contributed by atoms with Gasteiger partial charge in [0.2, 0.25) is 5.91 Å². The first-order chi connectivity index (χ1) is 12.8. The summed E-state index contributed by atoms with van der Waals surface area (Å²) in [6.07, 6.45) is 4.45. The number of hydrogen-bond acceptors (Lipinski definition) is 5. The molecule has 3 heterocycles. The van der Waals surface area contributed by atoms with Crippen molar-refractivity contribution in [2.45, 2.75) is 18.8 Å². The van der Waals surface area contributed by atoms with Crippen molar-refractivity contribution >= 4 is 5.91 Å². The van der Waals surface area contributed by atoms with Gasteiger partial charge in [0.15, 0.2) is 0 Å². The van der Waals surface area contributed by atoms with Crippen molar-refractivity contribution in [3.63, 3.8) is 0 Å². The first-order valence-electron chi connectivity index (χ1n) is 9.86. The Bertz CT molecular complexity index is 587. The van der Waals surface area contributed by atoms with Crippen molar-refractivity contribution < 1.29 is 14.3 Å². The molecule has 6 heteroatoms. The Morgan fingerprint density at radius 1 is 1.19 bits per heavy atom. The molecule has 26 heavy (non-hydrogen) atoms. The fourth-order valence-corrected chi connectivity index (χ4v) is 3.90. The monoisotopic (exact) mass is 359 g/mol. The summed E-state index contributed by atoms with van der Waals surface area (Å²) in [4.78, 5) is 21.6. The van der Waals surface area contributed by atoms with E-state index in [1.54, 1.807) is 0 Å². The number of rotatable bonds is 7. The highest BCUT2D eigenvalue weighted by molar-refractivity contribution is 5.78. The number of carbonyl (C=O) groups is 1. The van der Waals surface area contributed by atoms with Crippen LogP contribution in [0.3, 0.4) is 0 Å². The Morgan fingerprint density at radius 2 is 2.04 bits per heavy atom. The largest absolute Gasteiger partial charge is 0.381 e. The maximum absolute atomic E-state index is 12.8. The summed E-state index contributed by atoms with van der Waals surface area (Å²) < 4.78 is 11.4. The zero-order valence-electron chi connectivity index (χ0n) is 15.4. The van der Waals surface area contributed by atoms with Gasteiger partial charge in [-0.25, -0.2) is 0 Å². The summed E-state index contributed by atoms with van der Waals surface area (Å²) in [6.45, 7) is 6.74. The van der Waals surface area contributed by atoms with Gasteiger partial charge in [0.25, 0.3) is 0 Å². The fourth-order valence-electron chi connectivity index (χ4n) is 3.90. The summed E-state index contributed by atoms with van der Waals surface area (Å²) >= 11 is 0. The quantitative estimate of drug-likeness (QED) is 0.736. The van der Waals surface area contributed by atoms with E-state index in [4.69, 9.17) is 9.47 Å². The molecule has 1 aliphatic carbocycles. The predicted molar refractivity (Wildman–Crippen MR) is 97.9 cm³/mol. The third-order valence-corrected chi connectivity index (χ3v) is 5.71. The summed E-state index contributed by atoms with van der Waals surface area (Å²) in [5, 5.41) is 0. The van der Waals surface area contributed by atoms with Crippen LogP contribution >= 0.6 is 0 Å². The number of morpholine rings is 1. The molecule has 0 radical (unpaired) electrons. The van der Waals surface area contributed by atoms with Crippen molar-refractivity contribution in [3.05, 3.63) is 30.1 Å². The molecule has 142 valence electrons. The Labute approximate surface area is 155 Å². The third-order valence-electron chi connectivity index (χ3n) is 5.71. The van der Waals surface area contributed by atoms with E-state index in [9.17, 15) is 4.79 Å². The highest BCUT2D eigenvalue weighted by Crippen LogP contribution is 2.33. The lowest BCUT2D eigenvalue weighted by Crippen LogP contribution is -2.44. The SMILES string of the molecule is O=C(CN1CCOCC1)N1C[C@@H](COCC2CC2)[C@H](c2ccccn2)C1. The molecule has 6 nitrogen and oxygen atoms in total. The lowest BCUT2D eigenvalue weighted by Gasteiger charge is -2.28. The van der Waals surface area contributed by atoms with Crippen molar-refractivity contribution in [2.75, 3.05) is 59.2 Å². The van der Waals surface area contributed by atoms with Crippen LogP contribution < -0.4 is 0 Å². The smallest absolute Gasteiger partial charge is 0.236 e. The second-order valence-corrected chi connectivity index (χ2v) is 7.79. The minimum absolute atomic E-state index is 0.220. The van der Waals surface area contributed by atoms with Crippen LogP contribution in [-0.2, 0) is 14.3 Å². The highest BCUT2D eigenvalue weighted by Gasteiger charge is 2.37. The first kappa shape index (κ1) is 17.9. The Hall–Kier alpha value is -1.50. The van der Waals surface area contributed by atoms with E-state index in [2.05, 4.69) is 16.0 Å². The molecule has 1 aromatic heterocycles. The summed E-state index contributed by atoms with van der Waals surface area (Å²) in [5.74, 6) is 1.59. The molecule has 3 aliphatic rings. The number of carbonyl (C=O) groups excluding carboxylic acids is 1. The second kappa shape index (κ2) is 8.46. The van der Waals surface area contributed by atoms with Gasteiger partial charge in [0.1, 0.15) is 0 Å². The third kappa shape index (κ3) is 4.61. The Kier molecular flexibility index (Phi) is 5.82. The number of pyridine rings is 1.